The van der Waals surface area contributed by atoms with Gasteiger partial charge in [-0.15, -0.1) is 0 Å². The van der Waals surface area contributed by atoms with E-state index in [1.54, 1.807) is 14.2 Å². The molecule has 0 bridgehead atoms. The number of ether oxygens (including phenoxy) is 4. The van der Waals surface area contributed by atoms with E-state index in [0.29, 0.717) is 26.4 Å². The first-order valence-electron chi connectivity index (χ1n) is 6.81. The van der Waals surface area contributed by atoms with Crippen LogP contribution in [-0.4, -0.2) is 47.7 Å². The first-order chi connectivity index (χ1) is 9.76. The molecule has 0 saturated heterocycles. The number of likely N-dealkylation sites (N-methyl/N-ethyl adjacent to an activating group) is 1. The molecule has 0 amide bonds. The Bertz CT molecular complexity index is 384. The zero-order chi connectivity index (χ0) is 14.8. The lowest BCUT2D eigenvalue weighted by molar-refractivity contribution is 0.0441. The minimum atomic E-state index is 0.108. The lowest BCUT2D eigenvalue weighted by atomic mass is 10.1. The summed E-state index contributed by atoms with van der Waals surface area (Å²) in [6.45, 7) is 4.49. The van der Waals surface area contributed by atoms with Gasteiger partial charge in [0.25, 0.3) is 0 Å². The second-order valence-corrected chi connectivity index (χ2v) is 4.23. The molecule has 5 heteroatoms. The molecular weight excluding hydrogens is 258 g/mol. The second kappa shape index (κ2) is 9.58. The normalized spacial score (nSPS) is 12.2. The number of nitrogens with one attached hydrogen (secondary N) is 1. The summed E-state index contributed by atoms with van der Waals surface area (Å²) < 4.78 is 21.4. The van der Waals surface area contributed by atoms with Crippen LogP contribution in [0.3, 0.4) is 0 Å². The van der Waals surface area contributed by atoms with Crippen molar-refractivity contribution in [2.75, 3.05) is 47.7 Å². The van der Waals surface area contributed by atoms with E-state index in [1.165, 1.54) is 0 Å². The molecule has 0 fully saturated rings. The maximum absolute atomic E-state index is 5.61. The molecule has 1 unspecified atom stereocenters. The first kappa shape index (κ1) is 16.8. The van der Waals surface area contributed by atoms with Crippen LogP contribution in [0.5, 0.6) is 11.5 Å². The summed E-state index contributed by atoms with van der Waals surface area (Å²) in [5, 5.41) is 3.24. The van der Waals surface area contributed by atoms with Crippen LogP contribution in [0, 0.1) is 0 Å². The summed E-state index contributed by atoms with van der Waals surface area (Å²) >= 11 is 0. The summed E-state index contributed by atoms with van der Waals surface area (Å²) in [6.07, 6.45) is 0. The average molecular weight is 283 g/mol. The summed E-state index contributed by atoms with van der Waals surface area (Å²) in [4.78, 5) is 0. The van der Waals surface area contributed by atoms with Gasteiger partial charge in [-0.3, -0.25) is 0 Å². The van der Waals surface area contributed by atoms with E-state index in [4.69, 9.17) is 18.9 Å². The molecule has 0 aliphatic heterocycles. The number of methoxy groups -OCH3 is 2. The van der Waals surface area contributed by atoms with Crippen LogP contribution in [0.25, 0.3) is 0 Å². The minimum Gasteiger partial charge on any atom is -0.493 e. The summed E-state index contributed by atoms with van der Waals surface area (Å²) in [5.41, 5.74) is 1.10. The standard InChI is InChI=1S/C15H25NO4/c1-5-19-8-9-20-11-13(16-2)12-6-7-14(17-3)15(10-12)18-4/h6-7,10,13,16H,5,8-9,11H2,1-4H3. The fraction of sp³-hybridized carbons (Fsp3) is 0.600. The zero-order valence-corrected chi connectivity index (χ0v) is 12.8. The van der Waals surface area contributed by atoms with Gasteiger partial charge < -0.3 is 24.3 Å². The van der Waals surface area contributed by atoms with Crippen molar-refractivity contribution >= 4 is 0 Å². The van der Waals surface area contributed by atoms with Gasteiger partial charge in [0.05, 0.1) is 40.1 Å². The van der Waals surface area contributed by atoms with Crippen molar-refractivity contribution in [3.8, 4) is 11.5 Å². The largest absolute Gasteiger partial charge is 0.493 e. The minimum absolute atomic E-state index is 0.108. The van der Waals surface area contributed by atoms with Gasteiger partial charge in [0.15, 0.2) is 11.5 Å². The van der Waals surface area contributed by atoms with Crippen LogP contribution in [0.4, 0.5) is 0 Å². The Labute approximate surface area is 121 Å². The maximum atomic E-state index is 5.61. The van der Waals surface area contributed by atoms with E-state index in [1.807, 2.05) is 32.2 Å². The molecule has 0 aliphatic rings. The average Bonchev–Trinajstić information content (AvgIpc) is 2.50. The van der Waals surface area contributed by atoms with Gasteiger partial charge in [-0.1, -0.05) is 6.07 Å². The molecule has 0 radical (unpaired) electrons. The fourth-order valence-electron chi connectivity index (χ4n) is 1.88. The molecule has 0 aliphatic carbocycles. The van der Waals surface area contributed by atoms with Gasteiger partial charge in [-0.25, -0.2) is 0 Å². The second-order valence-electron chi connectivity index (χ2n) is 4.23. The molecule has 0 aromatic heterocycles. The Morgan fingerprint density at radius 2 is 1.75 bits per heavy atom. The monoisotopic (exact) mass is 283 g/mol. The Balaban J connectivity index is 2.60. The van der Waals surface area contributed by atoms with Gasteiger partial charge in [-0.2, -0.15) is 0 Å². The quantitative estimate of drug-likeness (QED) is 0.666. The number of hydrogen-bond acceptors (Lipinski definition) is 5. The maximum Gasteiger partial charge on any atom is 0.161 e. The smallest absolute Gasteiger partial charge is 0.161 e. The van der Waals surface area contributed by atoms with E-state index >= 15 is 0 Å². The van der Waals surface area contributed by atoms with Gasteiger partial charge in [0, 0.05) is 6.61 Å². The molecule has 20 heavy (non-hydrogen) atoms. The SMILES string of the molecule is CCOCCOCC(NC)c1ccc(OC)c(OC)c1. The third-order valence-electron chi connectivity index (χ3n) is 3.02. The zero-order valence-electron chi connectivity index (χ0n) is 12.8. The molecule has 1 rings (SSSR count). The topological polar surface area (TPSA) is 49.0 Å². The highest BCUT2D eigenvalue weighted by Crippen LogP contribution is 2.29. The molecule has 0 heterocycles. The Morgan fingerprint density at radius 3 is 2.35 bits per heavy atom. The summed E-state index contributed by atoms with van der Waals surface area (Å²) in [5.74, 6) is 1.45. The van der Waals surface area contributed by atoms with Crippen molar-refractivity contribution in [3.63, 3.8) is 0 Å². The lowest BCUT2D eigenvalue weighted by Crippen LogP contribution is -2.22. The van der Waals surface area contributed by atoms with Crippen LogP contribution in [0.2, 0.25) is 0 Å². The highest BCUT2D eigenvalue weighted by atomic mass is 16.5. The van der Waals surface area contributed by atoms with Crippen LogP contribution in [0.15, 0.2) is 18.2 Å². The number of hydrogen-bond donors (Lipinski definition) is 1. The van der Waals surface area contributed by atoms with Crippen molar-refractivity contribution in [3.05, 3.63) is 23.8 Å². The predicted molar refractivity (Wildman–Crippen MR) is 78.7 cm³/mol. The van der Waals surface area contributed by atoms with Gasteiger partial charge in [0.1, 0.15) is 0 Å². The highest BCUT2D eigenvalue weighted by molar-refractivity contribution is 5.43. The van der Waals surface area contributed by atoms with Gasteiger partial charge in [0.2, 0.25) is 0 Å². The van der Waals surface area contributed by atoms with Gasteiger partial charge >= 0.3 is 0 Å². The van der Waals surface area contributed by atoms with Crippen molar-refractivity contribution in [1.29, 1.82) is 0 Å². The lowest BCUT2D eigenvalue weighted by Gasteiger charge is -2.18. The number of rotatable bonds is 10. The fourth-order valence-corrected chi connectivity index (χ4v) is 1.88. The summed E-state index contributed by atoms with van der Waals surface area (Å²) in [7, 11) is 5.17. The predicted octanol–water partition coefficient (Wildman–Crippen LogP) is 2.02. The van der Waals surface area contributed by atoms with E-state index in [2.05, 4.69) is 5.32 Å². The van der Waals surface area contributed by atoms with E-state index in [-0.39, 0.29) is 6.04 Å². The third-order valence-corrected chi connectivity index (χ3v) is 3.02. The van der Waals surface area contributed by atoms with E-state index in [9.17, 15) is 0 Å². The molecule has 5 nitrogen and oxygen atoms in total. The van der Waals surface area contributed by atoms with E-state index < -0.39 is 0 Å². The van der Waals surface area contributed by atoms with E-state index in [0.717, 1.165) is 17.1 Å². The molecule has 1 atom stereocenters. The molecular formula is C15H25NO4. The van der Waals surface area contributed by atoms with Crippen LogP contribution < -0.4 is 14.8 Å². The Hall–Kier alpha value is -1.30. The van der Waals surface area contributed by atoms with Crippen LogP contribution >= 0.6 is 0 Å². The molecule has 0 saturated carbocycles. The molecule has 1 aromatic carbocycles. The van der Waals surface area contributed by atoms with Crippen LogP contribution in [-0.2, 0) is 9.47 Å². The Morgan fingerprint density at radius 1 is 1.05 bits per heavy atom. The van der Waals surface area contributed by atoms with Crippen molar-refractivity contribution in [2.24, 2.45) is 0 Å². The summed E-state index contributed by atoms with van der Waals surface area (Å²) in [6, 6.07) is 5.98. The molecule has 1 aromatic rings. The number of benzene rings is 1. The first-order valence-corrected chi connectivity index (χ1v) is 6.81. The van der Waals surface area contributed by atoms with Crippen molar-refractivity contribution in [2.45, 2.75) is 13.0 Å². The van der Waals surface area contributed by atoms with Crippen molar-refractivity contribution in [1.82, 2.24) is 5.32 Å². The highest BCUT2D eigenvalue weighted by Gasteiger charge is 2.12. The van der Waals surface area contributed by atoms with Crippen molar-refractivity contribution < 1.29 is 18.9 Å². The van der Waals surface area contributed by atoms with Gasteiger partial charge in [-0.05, 0) is 31.7 Å². The third kappa shape index (κ3) is 5.00. The molecule has 114 valence electrons. The Kier molecular flexibility index (Phi) is 8.02. The molecule has 1 N–H and O–H groups in total. The van der Waals surface area contributed by atoms with Crippen LogP contribution in [0.1, 0.15) is 18.5 Å². The molecule has 0 spiro atoms.